The molecule has 1 aliphatic rings. The first kappa shape index (κ1) is 22.1. The Morgan fingerprint density at radius 3 is 2.50 bits per heavy atom. The summed E-state index contributed by atoms with van der Waals surface area (Å²) >= 11 is 0. The molecule has 0 radical (unpaired) electrons. The van der Waals surface area contributed by atoms with Crippen LogP contribution in [-0.2, 0) is 11.2 Å². The Morgan fingerprint density at radius 1 is 1.10 bits per heavy atom. The van der Waals surface area contributed by atoms with Crippen LogP contribution in [0.2, 0.25) is 0 Å². The molecule has 1 amide bonds. The van der Waals surface area contributed by atoms with Gasteiger partial charge in [-0.3, -0.25) is 4.79 Å². The summed E-state index contributed by atoms with van der Waals surface area (Å²) in [6.45, 7) is 3.04. The zero-order valence-electron chi connectivity index (χ0n) is 18.3. The van der Waals surface area contributed by atoms with E-state index in [1.165, 1.54) is 37.7 Å². The average Bonchev–Trinajstić information content (AvgIpc) is 2.79. The highest BCUT2D eigenvalue weighted by molar-refractivity contribution is 5.92. The number of anilines is 2. The minimum Gasteiger partial charge on any atom is -0.497 e. The third kappa shape index (κ3) is 6.75. The lowest BCUT2D eigenvalue weighted by atomic mass is 9.79. The number of amides is 1. The highest BCUT2D eigenvalue weighted by atomic mass is 16.5. The van der Waals surface area contributed by atoms with Crippen molar-refractivity contribution in [2.24, 2.45) is 11.8 Å². The number of pyridine rings is 1. The van der Waals surface area contributed by atoms with Crippen LogP contribution >= 0.6 is 0 Å². The molecule has 1 saturated carbocycles. The van der Waals surface area contributed by atoms with Crippen LogP contribution in [0, 0.1) is 11.8 Å². The monoisotopic (exact) mass is 409 g/mol. The molecule has 2 N–H and O–H groups in total. The Kier molecular flexibility index (Phi) is 8.54. The predicted octanol–water partition coefficient (Wildman–Crippen LogP) is 5.68. The lowest BCUT2D eigenvalue weighted by Crippen LogP contribution is -2.27. The number of hydrogen-bond donors (Lipinski definition) is 2. The summed E-state index contributed by atoms with van der Waals surface area (Å²) in [5, 5.41) is 6.38. The van der Waals surface area contributed by atoms with Crippen molar-refractivity contribution in [3.8, 4) is 5.75 Å². The average molecular weight is 410 g/mol. The molecule has 1 aromatic carbocycles. The molecule has 1 aliphatic carbocycles. The third-order valence-electron chi connectivity index (χ3n) is 6.09. The Bertz CT molecular complexity index is 766. The predicted molar refractivity (Wildman–Crippen MR) is 123 cm³/mol. The molecular formula is C25H35N3O2. The van der Waals surface area contributed by atoms with Crippen LogP contribution in [0.15, 0.2) is 42.6 Å². The van der Waals surface area contributed by atoms with Gasteiger partial charge in [0.15, 0.2) is 0 Å². The lowest BCUT2D eigenvalue weighted by Gasteiger charge is -2.27. The normalized spacial score (nSPS) is 18.6. The minimum atomic E-state index is 0.144. The smallest absolute Gasteiger partial charge is 0.227 e. The van der Waals surface area contributed by atoms with Gasteiger partial charge in [-0.25, -0.2) is 4.98 Å². The molecule has 0 bridgehead atoms. The van der Waals surface area contributed by atoms with Crippen molar-refractivity contribution in [1.82, 2.24) is 4.98 Å². The van der Waals surface area contributed by atoms with Crippen LogP contribution in [0.25, 0.3) is 0 Å². The fourth-order valence-electron chi connectivity index (χ4n) is 4.15. The van der Waals surface area contributed by atoms with Crippen LogP contribution in [-0.4, -0.2) is 24.5 Å². The summed E-state index contributed by atoms with van der Waals surface area (Å²) < 4.78 is 5.18. The van der Waals surface area contributed by atoms with Gasteiger partial charge in [0.25, 0.3) is 0 Å². The Hall–Kier alpha value is -2.56. The lowest BCUT2D eigenvalue weighted by molar-refractivity contribution is -0.121. The number of methoxy groups -OCH3 is 1. The topological polar surface area (TPSA) is 63.2 Å². The highest BCUT2D eigenvalue weighted by Gasteiger charge is 2.26. The van der Waals surface area contributed by atoms with Gasteiger partial charge in [-0.05, 0) is 67.9 Å². The van der Waals surface area contributed by atoms with E-state index in [1.54, 1.807) is 13.3 Å². The van der Waals surface area contributed by atoms with E-state index >= 15 is 0 Å². The van der Waals surface area contributed by atoms with E-state index in [9.17, 15) is 4.79 Å². The summed E-state index contributed by atoms with van der Waals surface area (Å²) in [4.78, 5) is 17.0. The fraction of sp³-hybridized carbons (Fsp3) is 0.520. The fourth-order valence-corrected chi connectivity index (χ4v) is 4.15. The molecule has 0 atom stereocenters. The molecule has 5 nitrogen and oxygen atoms in total. The molecule has 0 aliphatic heterocycles. The number of carbonyl (C=O) groups is 1. The first-order chi connectivity index (χ1) is 14.7. The highest BCUT2D eigenvalue weighted by Crippen LogP contribution is 2.32. The van der Waals surface area contributed by atoms with E-state index in [4.69, 9.17) is 4.74 Å². The maximum atomic E-state index is 12.6. The van der Waals surface area contributed by atoms with Crippen molar-refractivity contribution in [2.75, 3.05) is 24.3 Å². The maximum Gasteiger partial charge on any atom is 0.227 e. The van der Waals surface area contributed by atoms with E-state index in [0.29, 0.717) is 0 Å². The number of hydrogen-bond acceptors (Lipinski definition) is 4. The summed E-state index contributed by atoms with van der Waals surface area (Å²) in [5.74, 6) is 2.79. The number of aromatic nitrogens is 1. The molecular weight excluding hydrogens is 374 g/mol. The SMILES string of the molecule is CCCCC1CCC(C(=O)Nc2ccc(NCCc3ccc(OC)cc3)nc2)CC1. The molecule has 0 saturated heterocycles. The minimum absolute atomic E-state index is 0.144. The van der Waals surface area contributed by atoms with E-state index in [0.717, 1.165) is 49.0 Å². The van der Waals surface area contributed by atoms with Crippen molar-refractivity contribution < 1.29 is 9.53 Å². The zero-order valence-corrected chi connectivity index (χ0v) is 18.3. The van der Waals surface area contributed by atoms with Crippen molar-refractivity contribution in [3.05, 3.63) is 48.2 Å². The number of unbranched alkanes of at least 4 members (excludes halogenated alkanes) is 1. The van der Waals surface area contributed by atoms with Crippen molar-refractivity contribution in [3.63, 3.8) is 0 Å². The van der Waals surface area contributed by atoms with E-state index < -0.39 is 0 Å². The Morgan fingerprint density at radius 2 is 1.87 bits per heavy atom. The molecule has 3 rings (SSSR count). The number of rotatable bonds is 10. The molecule has 1 fully saturated rings. The van der Waals surface area contributed by atoms with Crippen molar-refractivity contribution in [2.45, 2.75) is 58.3 Å². The molecule has 2 aromatic rings. The van der Waals surface area contributed by atoms with Gasteiger partial charge in [0, 0.05) is 12.5 Å². The second-order valence-corrected chi connectivity index (χ2v) is 8.31. The van der Waals surface area contributed by atoms with Crippen LogP contribution in [0.4, 0.5) is 11.5 Å². The van der Waals surface area contributed by atoms with Gasteiger partial charge < -0.3 is 15.4 Å². The van der Waals surface area contributed by atoms with Gasteiger partial charge >= 0.3 is 0 Å². The van der Waals surface area contributed by atoms with Crippen molar-refractivity contribution >= 4 is 17.4 Å². The molecule has 0 unspecified atom stereocenters. The molecule has 1 aromatic heterocycles. The molecule has 30 heavy (non-hydrogen) atoms. The standard InChI is InChI=1S/C25H35N3O2/c1-3-4-5-19-6-10-21(11-7-19)25(29)28-22-12-15-24(27-18-22)26-17-16-20-8-13-23(30-2)14-9-20/h8-9,12-15,18-19,21H,3-7,10-11,16-17H2,1-2H3,(H,26,27)(H,28,29). The quantitative estimate of drug-likeness (QED) is 0.530. The van der Waals surface area contributed by atoms with Gasteiger partial charge in [0.2, 0.25) is 5.91 Å². The van der Waals surface area contributed by atoms with Crippen LogP contribution in [0.1, 0.15) is 57.4 Å². The zero-order chi connectivity index (χ0) is 21.2. The second kappa shape index (κ2) is 11.6. The summed E-state index contributed by atoms with van der Waals surface area (Å²) in [7, 11) is 1.67. The molecule has 5 heteroatoms. The molecule has 0 spiro atoms. The van der Waals surface area contributed by atoms with Crippen LogP contribution < -0.4 is 15.4 Å². The summed E-state index contributed by atoms with van der Waals surface area (Å²) in [5.41, 5.74) is 2.02. The molecule has 1 heterocycles. The van der Waals surface area contributed by atoms with E-state index in [-0.39, 0.29) is 11.8 Å². The number of benzene rings is 1. The Balaban J connectivity index is 1.39. The van der Waals surface area contributed by atoms with Crippen LogP contribution in [0.5, 0.6) is 5.75 Å². The van der Waals surface area contributed by atoms with Gasteiger partial charge in [-0.2, -0.15) is 0 Å². The second-order valence-electron chi connectivity index (χ2n) is 8.31. The van der Waals surface area contributed by atoms with Crippen LogP contribution in [0.3, 0.4) is 0 Å². The van der Waals surface area contributed by atoms with Crippen molar-refractivity contribution in [1.29, 1.82) is 0 Å². The first-order valence-electron chi connectivity index (χ1n) is 11.3. The number of nitrogens with zero attached hydrogens (tertiary/aromatic N) is 1. The maximum absolute atomic E-state index is 12.6. The summed E-state index contributed by atoms with van der Waals surface area (Å²) in [6, 6.07) is 11.9. The largest absolute Gasteiger partial charge is 0.497 e. The number of carbonyl (C=O) groups excluding carboxylic acids is 1. The van der Waals surface area contributed by atoms with Gasteiger partial charge in [-0.15, -0.1) is 0 Å². The summed E-state index contributed by atoms with van der Waals surface area (Å²) in [6.07, 6.45) is 10.9. The van der Waals surface area contributed by atoms with Gasteiger partial charge in [-0.1, -0.05) is 38.3 Å². The number of ether oxygens (including phenoxy) is 1. The van der Waals surface area contributed by atoms with Gasteiger partial charge in [0.05, 0.1) is 19.0 Å². The third-order valence-corrected chi connectivity index (χ3v) is 6.09. The van der Waals surface area contributed by atoms with E-state index in [2.05, 4.69) is 34.7 Å². The van der Waals surface area contributed by atoms with Gasteiger partial charge in [0.1, 0.15) is 11.6 Å². The number of nitrogens with one attached hydrogen (secondary N) is 2. The first-order valence-corrected chi connectivity index (χ1v) is 11.3. The molecule has 162 valence electrons. The Labute approximate surface area is 180 Å². The van der Waals surface area contributed by atoms with E-state index in [1.807, 2.05) is 24.3 Å².